The number of rotatable bonds is 3. The Balaban J connectivity index is 1.84. The first-order valence-electron chi connectivity index (χ1n) is 5.06. The second-order valence-electron chi connectivity index (χ2n) is 3.44. The standard InChI is InChI=1S/C11H14ClNOS/c12-10-3-1-2-4-11(10)15-8-9-7-13-5-6-14-9/h1-4,9,13H,5-8H2. The van der Waals surface area contributed by atoms with Crippen LogP contribution in [0.2, 0.25) is 5.02 Å². The van der Waals surface area contributed by atoms with Crippen LogP contribution < -0.4 is 5.32 Å². The van der Waals surface area contributed by atoms with E-state index in [1.54, 1.807) is 11.8 Å². The topological polar surface area (TPSA) is 21.3 Å². The van der Waals surface area contributed by atoms with Crippen LogP contribution in [0, 0.1) is 0 Å². The van der Waals surface area contributed by atoms with E-state index in [-0.39, 0.29) is 0 Å². The van der Waals surface area contributed by atoms with Crippen LogP contribution in [0.1, 0.15) is 0 Å². The summed E-state index contributed by atoms with van der Waals surface area (Å²) in [7, 11) is 0. The molecule has 2 nitrogen and oxygen atoms in total. The number of thioether (sulfide) groups is 1. The van der Waals surface area contributed by atoms with Gasteiger partial charge in [-0.2, -0.15) is 0 Å². The summed E-state index contributed by atoms with van der Waals surface area (Å²) in [6.45, 7) is 2.72. The molecule has 0 saturated carbocycles. The molecule has 1 aromatic carbocycles. The third-order valence-electron chi connectivity index (χ3n) is 2.27. The van der Waals surface area contributed by atoms with Crippen molar-refractivity contribution in [3.8, 4) is 0 Å². The second-order valence-corrected chi connectivity index (χ2v) is 4.91. The van der Waals surface area contributed by atoms with E-state index < -0.39 is 0 Å². The lowest BCUT2D eigenvalue weighted by Gasteiger charge is -2.23. The molecule has 1 N–H and O–H groups in total. The molecule has 0 radical (unpaired) electrons. The van der Waals surface area contributed by atoms with E-state index in [9.17, 15) is 0 Å². The molecule has 1 saturated heterocycles. The molecule has 0 amide bonds. The van der Waals surface area contributed by atoms with Crippen LogP contribution in [-0.4, -0.2) is 31.6 Å². The molecular formula is C11H14ClNOS. The van der Waals surface area contributed by atoms with Crippen molar-refractivity contribution < 1.29 is 4.74 Å². The first-order valence-corrected chi connectivity index (χ1v) is 6.42. The Bertz CT molecular complexity index is 315. The fourth-order valence-corrected chi connectivity index (χ4v) is 2.73. The number of morpholine rings is 1. The Kier molecular flexibility index (Phi) is 4.32. The average molecular weight is 244 g/mol. The minimum Gasteiger partial charge on any atom is -0.375 e. The predicted octanol–water partition coefficient (Wildman–Crippen LogP) is 2.42. The minimum atomic E-state index is 0.306. The molecule has 0 aliphatic carbocycles. The zero-order valence-electron chi connectivity index (χ0n) is 8.41. The summed E-state index contributed by atoms with van der Waals surface area (Å²) in [5.41, 5.74) is 0. The zero-order valence-corrected chi connectivity index (χ0v) is 9.98. The highest BCUT2D eigenvalue weighted by Crippen LogP contribution is 2.27. The van der Waals surface area contributed by atoms with Gasteiger partial charge in [0.2, 0.25) is 0 Å². The van der Waals surface area contributed by atoms with E-state index >= 15 is 0 Å². The molecule has 0 spiro atoms. The molecule has 1 unspecified atom stereocenters. The normalized spacial score (nSPS) is 21.5. The van der Waals surface area contributed by atoms with Gasteiger partial charge in [0.05, 0.1) is 17.7 Å². The minimum absolute atomic E-state index is 0.306. The van der Waals surface area contributed by atoms with Crippen LogP contribution in [0.3, 0.4) is 0 Å². The van der Waals surface area contributed by atoms with Gasteiger partial charge < -0.3 is 10.1 Å². The smallest absolute Gasteiger partial charge is 0.0793 e. The molecule has 15 heavy (non-hydrogen) atoms. The number of benzene rings is 1. The van der Waals surface area contributed by atoms with Gasteiger partial charge in [0.25, 0.3) is 0 Å². The van der Waals surface area contributed by atoms with Gasteiger partial charge in [-0.25, -0.2) is 0 Å². The van der Waals surface area contributed by atoms with Crippen molar-refractivity contribution in [2.24, 2.45) is 0 Å². The fourth-order valence-electron chi connectivity index (χ4n) is 1.47. The van der Waals surface area contributed by atoms with E-state index in [1.165, 1.54) is 0 Å². The molecule has 0 aromatic heterocycles. The predicted molar refractivity (Wildman–Crippen MR) is 64.8 cm³/mol. The van der Waals surface area contributed by atoms with Crippen LogP contribution in [0.25, 0.3) is 0 Å². The Hall–Kier alpha value is -0.220. The number of ether oxygens (including phenoxy) is 1. The van der Waals surface area contributed by atoms with Crippen LogP contribution in [0.4, 0.5) is 0 Å². The molecule has 1 aliphatic rings. The van der Waals surface area contributed by atoms with E-state index in [0.29, 0.717) is 6.10 Å². The number of hydrogen-bond donors (Lipinski definition) is 1. The summed E-state index contributed by atoms with van der Waals surface area (Å²) < 4.78 is 5.61. The van der Waals surface area contributed by atoms with E-state index in [1.807, 2.05) is 24.3 Å². The van der Waals surface area contributed by atoms with Gasteiger partial charge in [0, 0.05) is 23.7 Å². The number of nitrogens with one attached hydrogen (secondary N) is 1. The second kappa shape index (κ2) is 5.75. The van der Waals surface area contributed by atoms with E-state index in [4.69, 9.17) is 16.3 Å². The lowest BCUT2D eigenvalue weighted by molar-refractivity contribution is 0.0441. The lowest BCUT2D eigenvalue weighted by atomic mass is 10.3. The van der Waals surface area contributed by atoms with E-state index in [0.717, 1.165) is 35.4 Å². The number of hydrogen-bond acceptors (Lipinski definition) is 3. The van der Waals surface area contributed by atoms with Gasteiger partial charge in [-0.05, 0) is 12.1 Å². The maximum atomic E-state index is 6.06. The fraction of sp³-hybridized carbons (Fsp3) is 0.455. The molecular weight excluding hydrogens is 230 g/mol. The van der Waals surface area contributed by atoms with Crippen LogP contribution in [0.15, 0.2) is 29.2 Å². The summed E-state index contributed by atoms with van der Waals surface area (Å²) in [5.74, 6) is 0.955. The van der Waals surface area contributed by atoms with Crippen molar-refractivity contribution >= 4 is 23.4 Å². The molecule has 1 heterocycles. The summed E-state index contributed by atoms with van der Waals surface area (Å²) in [4.78, 5) is 1.13. The summed E-state index contributed by atoms with van der Waals surface area (Å²) in [6, 6.07) is 7.92. The SMILES string of the molecule is Clc1ccccc1SCC1CNCCO1. The maximum absolute atomic E-state index is 6.06. The van der Waals surface area contributed by atoms with Gasteiger partial charge in [-0.1, -0.05) is 23.7 Å². The van der Waals surface area contributed by atoms with Gasteiger partial charge in [0.15, 0.2) is 0 Å². The Morgan fingerprint density at radius 1 is 1.47 bits per heavy atom. The average Bonchev–Trinajstić information content (AvgIpc) is 2.29. The van der Waals surface area contributed by atoms with Crippen molar-refractivity contribution in [3.05, 3.63) is 29.3 Å². The van der Waals surface area contributed by atoms with Crippen molar-refractivity contribution in [1.82, 2.24) is 5.32 Å². The quantitative estimate of drug-likeness (QED) is 0.824. The summed E-state index contributed by atoms with van der Waals surface area (Å²) in [5, 5.41) is 4.14. The maximum Gasteiger partial charge on any atom is 0.0793 e. The Morgan fingerprint density at radius 2 is 2.33 bits per heavy atom. The highest BCUT2D eigenvalue weighted by atomic mass is 35.5. The van der Waals surface area contributed by atoms with Gasteiger partial charge in [-0.15, -0.1) is 11.8 Å². The summed E-state index contributed by atoms with van der Waals surface area (Å²) in [6.07, 6.45) is 0.306. The van der Waals surface area contributed by atoms with Crippen LogP contribution in [-0.2, 0) is 4.74 Å². The van der Waals surface area contributed by atoms with E-state index in [2.05, 4.69) is 5.32 Å². The van der Waals surface area contributed by atoms with Crippen molar-refractivity contribution in [2.45, 2.75) is 11.0 Å². The van der Waals surface area contributed by atoms with Gasteiger partial charge >= 0.3 is 0 Å². The zero-order chi connectivity index (χ0) is 10.5. The monoisotopic (exact) mass is 243 g/mol. The number of halogens is 1. The molecule has 82 valence electrons. The highest BCUT2D eigenvalue weighted by Gasteiger charge is 2.13. The first kappa shape index (κ1) is 11.3. The van der Waals surface area contributed by atoms with Crippen molar-refractivity contribution in [2.75, 3.05) is 25.4 Å². The largest absolute Gasteiger partial charge is 0.375 e. The molecule has 4 heteroatoms. The molecule has 0 bridgehead atoms. The van der Waals surface area contributed by atoms with Gasteiger partial charge in [-0.3, -0.25) is 0 Å². The first-order chi connectivity index (χ1) is 7.36. The molecule has 1 aliphatic heterocycles. The molecule has 1 fully saturated rings. The summed E-state index contributed by atoms with van der Waals surface area (Å²) >= 11 is 7.82. The Morgan fingerprint density at radius 3 is 3.07 bits per heavy atom. The van der Waals surface area contributed by atoms with Crippen molar-refractivity contribution in [3.63, 3.8) is 0 Å². The molecule has 1 aromatic rings. The lowest BCUT2D eigenvalue weighted by Crippen LogP contribution is -2.39. The van der Waals surface area contributed by atoms with Crippen molar-refractivity contribution in [1.29, 1.82) is 0 Å². The van der Waals surface area contributed by atoms with Crippen LogP contribution in [0.5, 0.6) is 0 Å². The third-order valence-corrected chi connectivity index (χ3v) is 3.91. The Labute approximate surface area is 99.3 Å². The molecule has 2 rings (SSSR count). The third kappa shape index (κ3) is 3.38. The highest BCUT2D eigenvalue weighted by molar-refractivity contribution is 7.99. The van der Waals surface area contributed by atoms with Crippen LogP contribution >= 0.6 is 23.4 Å². The van der Waals surface area contributed by atoms with Gasteiger partial charge in [0.1, 0.15) is 0 Å². The molecule has 1 atom stereocenters.